The third-order valence-corrected chi connectivity index (χ3v) is 20.0. The van der Waals surface area contributed by atoms with E-state index in [0.717, 1.165) is 101 Å². The van der Waals surface area contributed by atoms with Crippen molar-refractivity contribution in [1.29, 1.82) is 0 Å². The maximum Gasteiger partial charge on any atom is 0.143 e. The Morgan fingerprint density at radius 2 is 0.800 bits per heavy atom. The third-order valence-electron chi connectivity index (χ3n) is 17.7. The molecule has 0 saturated carbocycles. The zero-order valence-electron chi connectivity index (χ0n) is 45.7. The summed E-state index contributed by atoms with van der Waals surface area (Å²) < 4.78 is 18.7. The molecule has 0 amide bonds. The fourth-order valence-corrected chi connectivity index (χ4v) is 16.2. The zero-order chi connectivity index (χ0) is 55.7. The van der Waals surface area contributed by atoms with Gasteiger partial charge in [-0.3, -0.25) is 0 Å². The van der Waals surface area contributed by atoms with Gasteiger partial charge in [-0.2, -0.15) is 0 Å². The van der Waals surface area contributed by atoms with Gasteiger partial charge < -0.3 is 19.0 Å². The molecule has 13 aromatic carbocycles. The van der Waals surface area contributed by atoms with Crippen LogP contribution in [0.15, 0.2) is 296 Å². The van der Waals surface area contributed by atoms with E-state index in [-0.39, 0.29) is 0 Å². The average molecular weight is 1120 g/mol. The summed E-state index contributed by atoms with van der Waals surface area (Å²) >= 11 is 3.72. The summed E-state index contributed by atoms with van der Waals surface area (Å²) in [4.78, 5) is 4.91. The van der Waals surface area contributed by atoms with Gasteiger partial charge in [0.25, 0.3) is 0 Å². The molecule has 0 N–H and O–H groups in total. The van der Waals surface area contributed by atoms with Crippen LogP contribution in [0.3, 0.4) is 0 Å². The number of hydrogen-bond donors (Lipinski definition) is 0. The maximum absolute atomic E-state index is 6.89. The normalized spacial score (nSPS) is 12.9. The highest BCUT2D eigenvalue weighted by molar-refractivity contribution is 7.26. The Hall–Kier alpha value is -10.5. The second kappa shape index (κ2) is 18.8. The number of thiophene rings is 2. The first-order valence-electron chi connectivity index (χ1n) is 28.9. The molecule has 0 radical (unpaired) electrons. The SMILES string of the molecule is c1ccc(-c2cc(N(c3ccccc3)c3ccc4c(c3)-c3cc(-c5cc6sc7ccccc7c6cc5N(c5ccccc5)c5ccc6sc7ccccc7c6c5)ccc3C43c4ccccc4Oc4ccccc43)cc3c2oc2ccccc23)cc1. The first-order chi connectivity index (χ1) is 42.1. The number of ether oxygens (including phenoxy) is 1. The number of rotatable bonds is 8. The number of anilines is 6. The first kappa shape index (κ1) is 48.1. The minimum absolute atomic E-state index is 0.701. The predicted octanol–water partition coefficient (Wildman–Crippen LogP) is 23.1. The summed E-state index contributed by atoms with van der Waals surface area (Å²) in [7, 11) is 0. The van der Waals surface area contributed by atoms with Crippen LogP contribution in [-0.2, 0) is 5.41 Å². The Morgan fingerprint density at radius 3 is 1.52 bits per heavy atom. The molecule has 0 fully saturated rings. The zero-order valence-corrected chi connectivity index (χ0v) is 47.4. The van der Waals surface area contributed by atoms with Crippen LogP contribution in [-0.4, -0.2) is 0 Å². The molecule has 3 aromatic heterocycles. The predicted molar refractivity (Wildman–Crippen MR) is 357 cm³/mol. The second-order valence-corrected chi connectivity index (χ2v) is 24.4. The van der Waals surface area contributed by atoms with Gasteiger partial charge in [0.1, 0.15) is 22.7 Å². The second-order valence-electron chi connectivity index (χ2n) is 22.3. The summed E-state index contributed by atoms with van der Waals surface area (Å²) in [6.45, 7) is 0. The van der Waals surface area contributed by atoms with E-state index >= 15 is 0 Å². The van der Waals surface area contributed by atoms with E-state index in [1.807, 2.05) is 22.7 Å². The molecular formula is C79H48N2O2S2. The Kier molecular flexibility index (Phi) is 10.6. The summed E-state index contributed by atoms with van der Waals surface area (Å²) in [5.74, 6) is 1.72. The summed E-state index contributed by atoms with van der Waals surface area (Å²) in [6.07, 6.45) is 0. The van der Waals surface area contributed by atoms with Crippen LogP contribution in [0.4, 0.5) is 34.1 Å². The standard InChI is InChI=1S/C79H48N2O2S2/c1-4-20-49(21-5-1)60-45-55(46-65-56-26-10-15-31-71(56)83-78(60)65)80(51-22-6-2-7-23-51)53-37-40-67-62(43-53)61-42-50(36-39-66(61)79(67)68-29-13-16-32-72(68)82-73-33-17-14-30-69(73)79)59-48-77-64(58-28-12-19-35-75(58)85-77)47-70(59)81(52-24-8-3-9-25-52)54-38-41-76-63(44-54)57-27-11-18-34-74(57)84-76/h1-48H. The fraction of sp³-hybridized carbons (Fsp3) is 0.0127. The van der Waals surface area contributed by atoms with E-state index in [4.69, 9.17) is 9.15 Å². The van der Waals surface area contributed by atoms with Gasteiger partial charge in [-0.15, -0.1) is 22.7 Å². The number of nitrogens with zero attached hydrogens (tertiary/aromatic N) is 2. The Bertz CT molecular complexity index is 5330. The molecule has 0 unspecified atom stereocenters. The highest BCUT2D eigenvalue weighted by Gasteiger charge is 2.51. The summed E-state index contributed by atoms with van der Waals surface area (Å²) in [5.41, 5.74) is 18.9. The molecule has 2 aliphatic rings. The minimum Gasteiger partial charge on any atom is -0.457 e. The van der Waals surface area contributed by atoms with Crippen LogP contribution in [0, 0.1) is 0 Å². The van der Waals surface area contributed by atoms with E-state index < -0.39 is 5.41 Å². The van der Waals surface area contributed by atoms with Crippen molar-refractivity contribution < 1.29 is 9.15 Å². The largest absolute Gasteiger partial charge is 0.457 e. The van der Waals surface area contributed by atoms with Crippen LogP contribution < -0.4 is 14.5 Å². The number of benzene rings is 13. The number of hydrogen-bond acceptors (Lipinski definition) is 6. The maximum atomic E-state index is 6.89. The Balaban J connectivity index is 0.911. The molecule has 0 saturated heterocycles. The van der Waals surface area contributed by atoms with E-state index in [2.05, 4.69) is 301 Å². The van der Waals surface area contributed by atoms with E-state index in [1.165, 1.54) is 62.6 Å². The van der Waals surface area contributed by atoms with E-state index in [9.17, 15) is 0 Å². The fourth-order valence-electron chi connectivity index (χ4n) is 14.0. The van der Waals surface area contributed by atoms with Gasteiger partial charge >= 0.3 is 0 Å². The molecule has 1 aliphatic heterocycles. The lowest BCUT2D eigenvalue weighted by molar-refractivity contribution is 0.436. The summed E-state index contributed by atoms with van der Waals surface area (Å²) in [5, 5.41) is 7.18. The minimum atomic E-state index is -0.701. The molecule has 18 rings (SSSR count). The highest BCUT2D eigenvalue weighted by atomic mass is 32.1. The number of fused-ring (bicyclic) bond motifs is 18. The smallest absolute Gasteiger partial charge is 0.143 e. The lowest BCUT2D eigenvalue weighted by Crippen LogP contribution is -2.32. The molecule has 4 nitrogen and oxygen atoms in total. The van der Waals surface area contributed by atoms with Crippen molar-refractivity contribution in [3.05, 3.63) is 313 Å². The van der Waals surface area contributed by atoms with Crippen LogP contribution in [0.1, 0.15) is 22.3 Å². The molecule has 4 heterocycles. The molecule has 0 atom stereocenters. The Labute approximate surface area is 498 Å². The monoisotopic (exact) mass is 1120 g/mol. The van der Waals surface area contributed by atoms with Gasteiger partial charge in [-0.1, -0.05) is 176 Å². The van der Waals surface area contributed by atoms with Crippen molar-refractivity contribution in [3.8, 4) is 44.9 Å². The van der Waals surface area contributed by atoms with Crippen molar-refractivity contribution in [2.75, 3.05) is 9.80 Å². The first-order valence-corrected chi connectivity index (χ1v) is 30.5. The lowest BCUT2D eigenvalue weighted by atomic mass is 9.66. The van der Waals surface area contributed by atoms with Crippen molar-refractivity contribution in [2.45, 2.75) is 5.41 Å². The molecule has 85 heavy (non-hydrogen) atoms. The van der Waals surface area contributed by atoms with Crippen LogP contribution >= 0.6 is 22.7 Å². The van der Waals surface area contributed by atoms with E-state index in [1.54, 1.807) is 0 Å². The molecule has 398 valence electrons. The molecule has 1 spiro atoms. The van der Waals surface area contributed by atoms with Gasteiger partial charge in [0.2, 0.25) is 0 Å². The number of furan rings is 1. The van der Waals surface area contributed by atoms with Gasteiger partial charge in [0.15, 0.2) is 0 Å². The third kappa shape index (κ3) is 7.26. The molecule has 16 aromatic rings. The molecule has 0 bridgehead atoms. The Morgan fingerprint density at radius 1 is 0.282 bits per heavy atom. The van der Waals surface area contributed by atoms with Gasteiger partial charge in [0.05, 0.1) is 11.1 Å². The molecule has 1 aliphatic carbocycles. The van der Waals surface area contributed by atoms with Gasteiger partial charge in [0, 0.05) is 102 Å². The van der Waals surface area contributed by atoms with Crippen molar-refractivity contribution in [1.82, 2.24) is 0 Å². The van der Waals surface area contributed by atoms with Crippen LogP contribution in [0.5, 0.6) is 11.5 Å². The molecular weight excluding hydrogens is 1070 g/mol. The molecule has 6 heteroatoms. The van der Waals surface area contributed by atoms with Gasteiger partial charge in [-0.25, -0.2) is 0 Å². The van der Waals surface area contributed by atoms with Crippen LogP contribution in [0.2, 0.25) is 0 Å². The van der Waals surface area contributed by atoms with Gasteiger partial charge in [-0.05, 0) is 149 Å². The average Bonchev–Trinajstić information content (AvgIpc) is 1.61. The quantitative estimate of drug-likeness (QED) is 0.152. The highest BCUT2D eigenvalue weighted by Crippen LogP contribution is 2.63. The topological polar surface area (TPSA) is 28.9 Å². The summed E-state index contributed by atoms with van der Waals surface area (Å²) in [6, 6.07) is 107. The van der Waals surface area contributed by atoms with Crippen molar-refractivity contribution >= 4 is 119 Å². The van der Waals surface area contributed by atoms with Crippen LogP contribution in [0.25, 0.3) is 95.7 Å². The van der Waals surface area contributed by atoms with Crippen molar-refractivity contribution in [3.63, 3.8) is 0 Å². The van der Waals surface area contributed by atoms with E-state index in [0.29, 0.717) is 0 Å². The number of para-hydroxylation sites is 5. The van der Waals surface area contributed by atoms with Crippen molar-refractivity contribution in [2.24, 2.45) is 0 Å². The lowest BCUT2D eigenvalue weighted by Gasteiger charge is -2.39.